The summed E-state index contributed by atoms with van der Waals surface area (Å²) in [4.78, 5) is 12.7. The summed E-state index contributed by atoms with van der Waals surface area (Å²) in [6, 6.07) is 16.4. The van der Waals surface area contributed by atoms with Crippen LogP contribution in [0.5, 0.6) is 0 Å². The molecule has 128 valence electrons. The third-order valence-corrected chi connectivity index (χ3v) is 4.25. The van der Waals surface area contributed by atoms with E-state index in [1.54, 1.807) is 24.3 Å². The van der Waals surface area contributed by atoms with E-state index in [0.717, 1.165) is 11.1 Å². The van der Waals surface area contributed by atoms with Gasteiger partial charge in [0.1, 0.15) is 0 Å². The van der Waals surface area contributed by atoms with Gasteiger partial charge in [0.05, 0.1) is 5.56 Å². The molecule has 1 aliphatic rings. The Labute approximate surface area is 152 Å². The number of carbonyl (C=O) groups is 1. The van der Waals surface area contributed by atoms with Gasteiger partial charge in [-0.05, 0) is 36.8 Å². The average Bonchev–Trinajstić information content (AvgIpc) is 2.63. The summed E-state index contributed by atoms with van der Waals surface area (Å²) < 4.78 is 11.9. The molecule has 0 fully saturated rings. The van der Waals surface area contributed by atoms with Crippen LogP contribution in [-0.2, 0) is 9.47 Å². The second-order valence-electron chi connectivity index (χ2n) is 5.66. The molecule has 0 N–H and O–H groups in total. The normalized spacial score (nSPS) is 19.4. The van der Waals surface area contributed by atoms with Gasteiger partial charge in [-0.1, -0.05) is 60.2 Å². The zero-order chi connectivity index (χ0) is 17.7. The molecule has 0 heterocycles. The minimum Gasteiger partial charge on any atom is -0.425 e. The molecule has 0 aromatic heterocycles. The minimum absolute atomic E-state index is 0.423. The Bertz CT molecular complexity index is 794. The molecule has 0 aliphatic heterocycles. The summed E-state index contributed by atoms with van der Waals surface area (Å²) in [6.07, 6.45) is 6.29. The van der Waals surface area contributed by atoms with Crippen LogP contribution in [-0.4, -0.2) is 18.4 Å². The molecule has 3 nitrogen and oxygen atoms in total. The van der Waals surface area contributed by atoms with Crippen molar-refractivity contribution in [1.82, 2.24) is 0 Å². The number of hydrogen-bond donors (Lipinski definition) is 0. The highest BCUT2D eigenvalue weighted by atomic mass is 35.5. The van der Waals surface area contributed by atoms with Crippen molar-refractivity contribution in [2.75, 3.05) is 6.61 Å². The highest BCUT2D eigenvalue weighted by molar-refractivity contribution is 6.30. The van der Waals surface area contributed by atoms with E-state index >= 15 is 0 Å². The molecular formula is C21H19ClO3. The van der Waals surface area contributed by atoms with E-state index in [9.17, 15) is 4.79 Å². The number of esters is 1. The van der Waals surface area contributed by atoms with Gasteiger partial charge in [-0.2, -0.15) is 0 Å². The number of rotatable bonds is 5. The third-order valence-electron chi connectivity index (χ3n) is 4.00. The lowest BCUT2D eigenvalue weighted by molar-refractivity contribution is -0.157. The van der Waals surface area contributed by atoms with Crippen LogP contribution in [0.3, 0.4) is 0 Å². The first-order chi connectivity index (χ1) is 12.1. The number of allylic oxidation sites excluding steroid dienone is 2. The molecule has 0 saturated carbocycles. The largest absolute Gasteiger partial charge is 0.425 e. The maximum Gasteiger partial charge on any atom is 0.340 e. The number of hydrogen-bond acceptors (Lipinski definition) is 3. The zero-order valence-corrected chi connectivity index (χ0v) is 14.7. The van der Waals surface area contributed by atoms with Crippen molar-refractivity contribution in [3.63, 3.8) is 0 Å². The Hall–Kier alpha value is -2.36. The van der Waals surface area contributed by atoms with Crippen LogP contribution >= 0.6 is 11.6 Å². The Morgan fingerprint density at radius 1 is 1.12 bits per heavy atom. The molecule has 0 spiro atoms. The maximum atomic E-state index is 12.7. The lowest BCUT2D eigenvalue weighted by Gasteiger charge is -2.36. The lowest BCUT2D eigenvalue weighted by Crippen LogP contribution is -2.40. The molecule has 0 saturated heterocycles. The van der Waals surface area contributed by atoms with Crippen molar-refractivity contribution < 1.29 is 14.3 Å². The summed E-state index contributed by atoms with van der Waals surface area (Å²) in [5.74, 6) is -1.58. The Morgan fingerprint density at radius 3 is 2.52 bits per heavy atom. The van der Waals surface area contributed by atoms with Gasteiger partial charge in [-0.25, -0.2) is 4.79 Å². The van der Waals surface area contributed by atoms with E-state index in [0.29, 0.717) is 23.6 Å². The molecule has 0 radical (unpaired) electrons. The van der Waals surface area contributed by atoms with Crippen LogP contribution in [0.2, 0.25) is 5.02 Å². The molecule has 1 unspecified atom stereocenters. The van der Waals surface area contributed by atoms with Gasteiger partial charge >= 0.3 is 5.97 Å². The summed E-state index contributed by atoms with van der Waals surface area (Å²) in [5.41, 5.74) is 2.23. The Morgan fingerprint density at radius 2 is 1.84 bits per heavy atom. The standard InChI is InChI=1S/C21H19ClO3/c1-2-24-21(25-20(23)17-11-13-18(22)14-12-17)15-7-6-10-19(21)16-8-4-3-5-9-16/h3-14H,2,15H2,1H3. The maximum absolute atomic E-state index is 12.7. The first-order valence-corrected chi connectivity index (χ1v) is 8.58. The van der Waals surface area contributed by atoms with E-state index < -0.39 is 11.8 Å². The first-order valence-electron chi connectivity index (χ1n) is 8.20. The topological polar surface area (TPSA) is 35.5 Å². The van der Waals surface area contributed by atoms with Crippen molar-refractivity contribution in [1.29, 1.82) is 0 Å². The predicted molar refractivity (Wildman–Crippen MR) is 99.4 cm³/mol. The van der Waals surface area contributed by atoms with Crippen molar-refractivity contribution >= 4 is 23.1 Å². The summed E-state index contributed by atoms with van der Waals surface area (Å²) >= 11 is 5.89. The second kappa shape index (κ2) is 7.68. The quantitative estimate of drug-likeness (QED) is 0.541. The molecule has 0 bridgehead atoms. The predicted octanol–water partition coefficient (Wildman–Crippen LogP) is 5.27. The highest BCUT2D eigenvalue weighted by Crippen LogP contribution is 2.38. The van der Waals surface area contributed by atoms with Crippen LogP contribution in [0.25, 0.3) is 5.57 Å². The highest BCUT2D eigenvalue weighted by Gasteiger charge is 2.40. The summed E-state index contributed by atoms with van der Waals surface area (Å²) in [5, 5.41) is 0.571. The van der Waals surface area contributed by atoms with Gasteiger partial charge in [-0.3, -0.25) is 0 Å². The van der Waals surface area contributed by atoms with Crippen LogP contribution < -0.4 is 0 Å². The van der Waals surface area contributed by atoms with Gasteiger partial charge in [0.2, 0.25) is 5.79 Å². The Balaban J connectivity index is 1.95. The molecule has 2 aromatic carbocycles. The van der Waals surface area contributed by atoms with E-state index in [1.807, 2.05) is 55.5 Å². The SMILES string of the molecule is CCOC1(OC(=O)c2ccc(Cl)cc2)CC=CC=C1c1ccccc1. The Kier molecular flexibility index (Phi) is 5.37. The van der Waals surface area contributed by atoms with E-state index in [-0.39, 0.29) is 0 Å². The molecule has 0 amide bonds. The fourth-order valence-corrected chi connectivity index (χ4v) is 2.97. The lowest BCUT2D eigenvalue weighted by atomic mass is 9.91. The van der Waals surface area contributed by atoms with Gasteiger partial charge in [0.15, 0.2) is 0 Å². The van der Waals surface area contributed by atoms with Gasteiger partial charge in [0, 0.05) is 23.6 Å². The number of carbonyl (C=O) groups excluding carboxylic acids is 1. The van der Waals surface area contributed by atoms with Crippen LogP contribution in [0.4, 0.5) is 0 Å². The zero-order valence-electron chi connectivity index (χ0n) is 13.9. The number of halogens is 1. The van der Waals surface area contributed by atoms with Gasteiger partial charge in [0.25, 0.3) is 0 Å². The van der Waals surface area contributed by atoms with Gasteiger partial charge in [-0.15, -0.1) is 0 Å². The summed E-state index contributed by atoms with van der Waals surface area (Å²) in [7, 11) is 0. The molecule has 1 aliphatic carbocycles. The summed E-state index contributed by atoms with van der Waals surface area (Å²) in [6.45, 7) is 2.31. The number of ether oxygens (including phenoxy) is 2. The number of benzene rings is 2. The molecule has 1 atom stereocenters. The van der Waals surface area contributed by atoms with E-state index in [2.05, 4.69) is 0 Å². The van der Waals surface area contributed by atoms with Crippen molar-refractivity contribution in [2.45, 2.75) is 19.1 Å². The molecule has 4 heteroatoms. The smallest absolute Gasteiger partial charge is 0.340 e. The second-order valence-corrected chi connectivity index (χ2v) is 6.10. The van der Waals surface area contributed by atoms with Crippen LogP contribution in [0.15, 0.2) is 72.8 Å². The molecule has 25 heavy (non-hydrogen) atoms. The van der Waals surface area contributed by atoms with Crippen LogP contribution in [0.1, 0.15) is 29.3 Å². The van der Waals surface area contributed by atoms with E-state index in [1.165, 1.54) is 0 Å². The average molecular weight is 355 g/mol. The van der Waals surface area contributed by atoms with Gasteiger partial charge < -0.3 is 9.47 Å². The molecular weight excluding hydrogens is 336 g/mol. The third kappa shape index (κ3) is 3.84. The van der Waals surface area contributed by atoms with Crippen molar-refractivity contribution in [2.24, 2.45) is 0 Å². The molecule has 3 rings (SSSR count). The van der Waals surface area contributed by atoms with Crippen LogP contribution in [0, 0.1) is 0 Å². The fourth-order valence-electron chi connectivity index (χ4n) is 2.85. The minimum atomic E-state index is -1.14. The van der Waals surface area contributed by atoms with E-state index in [4.69, 9.17) is 21.1 Å². The fraction of sp³-hybridized carbons (Fsp3) is 0.190. The molecule has 2 aromatic rings. The monoisotopic (exact) mass is 354 g/mol. The van der Waals surface area contributed by atoms with Crippen molar-refractivity contribution in [3.8, 4) is 0 Å². The first kappa shape index (κ1) is 17.5. The van der Waals surface area contributed by atoms with Crippen molar-refractivity contribution in [3.05, 3.63) is 89.0 Å².